The molecule has 1 saturated carbocycles. The molecule has 0 heterocycles. The number of aliphatic hydroxyl groups is 1. The number of hydrogen-bond acceptors (Lipinski definition) is 1. The van der Waals surface area contributed by atoms with Gasteiger partial charge in [0, 0.05) is 0 Å². The molecule has 1 nitrogen and oxygen atoms in total. The fourth-order valence-corrected chi connectivity index (χ4v) is 3.68. The minimum absolute atomic E-state index is 0.134. The Morgan fingerprint density at radius 1 is 1.28 bits per heavy atom. The largest absolute Gasteiger partial charge is 0.385 e. The predicted molar refractivity (Wildman–Crippen MR) is 71.8 cm³/mol. The Labute approximate surface area is 109 Å². The maximum Gasteiger partial charge on any atom is 0.126 e. The second kappa shape index (κ2) is 4.34. The first kappa shape index (κ1) is 13.5. The zero-order chi connectivity index (χ0) is 13.6. The summed E-state index contributed by atoms with van der Waals surface area (Å²) in [4.78, 5) is 0. The highest BCUT2D eigenvalue weighted by molar-refractivity contribution is 5.29. The molecule has 100 valence electrons. The van der Waals surface area contributed by atoms with Crippen LogP contribution in [0.15, 0.2) is 18.2 Å². The summed E-state index contributed by atoms with van der Waals surface area (Å²) in [6, 6.07) is 4.99. The topological polar surface area (TPSA) is 20.2 Å². The normalized spacial score (nSPS) is 31.3. The van der Waals surface area contributed by atoms with Crippen molar-refractivity contribution in [1.29, 1.82) is 0 Å². The highest BCUT2D eigenvalue weighted by atomic mass is 19.1. The van der Waals surface area contributed by atoms with E-state index in [0.717, 1.165) is 24.8 Å². The molecule has 0 bridgehead atoms. The third-order valence-corrected chi connectivity index (χ3v) is 4.05. The third kappa shape index (κ3) is 2.59. The van der Waals surface area contributed by atoms with Gasteiger partial charge < -0.3 is 5.11 Å². The van der Waals surface area contributed by atoms with E-state index in [1.165, 1.54) is 6.07 Å². The molecule has 1 N–H and O–H groups in total. The molecule has 0 aliphatic heterocycles. The van der Waals surface area contributed by atoms with Crippen molar-refractivity contribution in [2.24, 2.45) is 11.3 Å². The molecular formula is C16H23FO. The molecule has 2 atom stereocenters. The number of rotatable bonds is 1. The first-order chi connectivity index (χ1) is 8.22. The van der Waals surface area contributed by atoms with Crippen LogP contribution >= 0.6 is 0 Å². The number of hydrogen-bond donors (Lipinski definition) is 1. The minimum atomic E-state index is -0.806. The molecule has 2 rings (SSSR count). The van der Waals surface area contributed by atoms with Crippen LogP contribution in [0.2, 0.25) is 0 Å². The van der Waals surface area contributed by atoms with Crippen LogP contribution in [0.25, 0.3) is 0 Å². The van der Waals surface area contributed by atoms with Crippen LogP contribution in [0.4, 0.5) is 4.39 Å². The Morgan fingerprint density at radius 2 is 1.94 bits per heavy atom. The molecule has 1 fully saturated rings. The van der Waals surface area contributed by atoms with Gasteiger partial charge in [0.25, 0.3) is 0 Å². The lowest BCUT2D eigenvalue weighted by Gasteiger charge is -2.45. The average Bonchev–Trinajstić information content (AvgIpc) is 2.18. The smallest absolute Gasteiger partial charge is 0.126 e. The summed E-state index contributed by atoms with van der Waals surface area (Å²) in [6.07, 6.45) is 2.65. The lowest BCUT2D eigenvalue weighted by atomic mass is 9.64. The van der Waals surface area contributed by atoms with Gasteiger partial charge in [0.05, 0.1) is 5.60 Å². The average molecular weight is 250 g/mol. The fourth-order valence-electron chi connectivity index (χ4n) is 3.68. The van der Waals surface area contributed by atoms with E-state index in [2.05, 4.69) is 20.8 Å². The standard InChI is InChI=1S/C16H23FO/c1-11-8-15(3,4)10-16(18,9-11)13-5-6-14(17)12(2)7-13/h5-7,11,18H,8-10H2,1-4H3. The van der Waals surface area contributed by atoms with E-state index < -0.39 is 5.60 Å². The number of benzene rings is 1. The summed E-state index contributed by atoms with van der Waals surface area (Å²) in [5, 5.41) is 10.9. The maximum absolute atomic E-state index is 13.3. The maximum atomic E-state index is 13.3. The zero-order valence-electron chi connectivity index (χ0n) is 11.8. The first-order valence-corrected chi connectivity index (χ1v) is 6.71. The molecule has 0 aromatic heterocycles. The van der Waals surface area contributed by atoms with Crippen molar-refractivity contribution in [3.63, 3.8) is 0 Å². The Hall–Kier alpha value is -0.890. The molecule has 1 aromatic rings. The van der Waals surface area contributed by atoms with Gasteiger partial charge in [-0.25, -0.2) is 4.39 Å². The summed E-state index contributed by atoms with van der Waals surface area (Å²) in [6.45, 7) is 8.33. The van der Waals surface area contributed by atoms with Crippen molar-refractivity contribution in [2.45, 2.75) is 52.6 Å². The van der Waals surface area contributed by atoms with Crippen LogP contribution in [0.3, 0.4) is 0 Å². The molecule has 1 aliphatic carbocycles. The van der Waals surface area contributed by atoms with E-state index in [1.807, 2.05) is 0 Å². The second-order valence-electron chi connectivity index (χ2n) is 6.85. The van der Waals surface area contributed by atoms with E-state index in [4.69, 9.17) is 0 Å². The van der Waals surface area contributed by atoms with Gasteiger partial charge in [-0.05, 0) is 54.7 Å². The molecule has 0 radical (unpaired) electrons. The van der Waals surface area contributed by atoms with E-state index in [1.54, 1.807) is 19.1 Å². The van der Waals surface area contributed by atoms with Gasteiger partial charge in [-0.3, -0.25) is 0 Å². The number of halogens is 1. The summed E-state index contributed by atoms with van der Waals surface area (Å²) in [7, 11) is 0. The molecule has 0 amide bonds. The van der Waals surface area contributed by atoms with Gasteiger partial charge in [-0.1, -0.05) is 32.9 Å². The molecule has 2 unspecified atom stereocenters. The lowest BCUT2D eigenvalue weighted by Crippen LogP contribution is -2.40. The lowest BCUT2D eigenvalue weighted by molar-refractivity contribution is -0.0635. The Kier molecular flexibility index (Phi) is 3.26. The summed E-state index contributed by atoms with van der Waals surface area (Å²) < 4.78 is 13.3. The van der Waals surface area contributed by atoms with Gasteiger partial charge in [0.1, 0.15) is 5.82 Å². The Balaban J connectivity index is 2.37. The molecule has 2 heteroatoms. The van der Waals surface area contributed by atoms with Crippen LogP contribution in [0.1, 0.15) is 51.2 Å². The zero-order valence-corrected chi connectivity index (χ0v) is 11.8. The van der Waals surface area contributed by atoms with E-state index in [9.17, 15) is 9.50 Å². The second-order valence-corrected chi connectivity index (χ2v) is 6.85. The molecule has 1 aromatic carbocycles. The van der Waals surface area contributed by atoms with Crippen molar-refractivity contribution < 1.29 is 9.50 Å². The highest BCUT2D eigenvalue weighted by Gasteiger charge is 2.42. The van der Waals surface area contributed by atoms with Crippen molar-refractivity contribution >= 4 is 0 Å². The van der Waals surface area contributed by atoms with Crippen LogP contribution < -0.4 is 0 Å². The van der Waals surface area contributed by atoms with Gasteiger partial charge in [0.15, 0.2) is 0 Å². The molecule has 0 saturated heterocycles. The van der Waals surface area contributed by atoms with Crippen LogP contribution in [-0.4, -0.2) is 5.11 Å². The fraction of sp³-hybridized carbons (Fsp3) is 0.625. The third-order valence-electron chi connectivity index (χ3n) is 4.05. The summed E-state index contributed by atoms with van der Waals surface area (Å²) in [5.41, 5.74) is 0.798. The van der Waals surface area contributed by atoms with Gasteiger partial charge >= 0.3 is 0 Å². The Bertz CT molecular complexity index is 452. The minimum Gasteiger partial charge on any atom is -0.385 e. The van der Waals surface area contributed by atoms with E-state index in [-0.39, 0.29) is 11.2 Å². The summed E-state index contributed by atoms with van der Waals surface area (Å²) in [5.74, 6) is 0.287. The van der Waals surface area contributed by atoms with Crippen LogP contribution in [0, 0.1) is 24.1 Å². The van der Waals surface area contributed by atoms with Crippen LogP contribution in [0.5, 0.6) is 0 Å². The number of aryl methyl sites for hydroxylation is 1. The van der Waals surface area contributed by atoms with E-state index >= 15 is 0 Å². The van der Waals surface area contributed by atoms with Crippen molar-refractivity contribution in [1.82, 2.24) is 0 Å². The van der Waals surface area contributed by atoms with E-state index in [0.29, 0.717) is 11.5 Å². The Morgan fingerprint density at radius 3 is 2.50 bits per heavy atom. The molecule has 1 aliphatic rings. The SMILES string of the molecule is Cc1cc(C2(O)CC(C)CC(C)(C)C2)ccc1F. The van der Waals surface area contributed by atoms with Crippen molar-refractivity contribution in [2.75, 3.05) is 0 Å². The van der Waals surface area contributed by atoms with Crippen molar-refractivity contribution in [3.8, 4) is 0 Å². The predicted octanol–water partition coefficient (Wildman–Crippen LogP) is 4.17. The molecule has 0 spiro atoms. The van der Waals surface area contributed by atoms with Crippen LogP contribution in [-0.2, 0) is 5.60 Å². The summed E-state index contributed by atoms with van der Waals surface area (Å²) >= 11 is 0. The van der Waals surface area contributed by atoms with Gasteiger partial charge in [-0.2, -0.15) is 0 Å². The monoisotopic (exact) mass is 250 g/mol. The molecule has 18 heavy (non-hydrogen) atoms. The van der Waals surface area contributed by atoms with Gasteiger partial charge in [-0.15, -0.1) is 0 Å². The highest BCUT2D eigenvalue weighted by Crippen LogP contribution is 2.48. The van der Waals surface area contributed by atoms with Crippen molar-refractivity contribution in [3.05, 3.63) is 35.1 Å². The quantitative estimate of drug-likeness (QED) is 0.793. The first-order valence-electron chi connectivity index (χ1n) is 6.71. The molecular weight excluding hydrogens is 227 g/mol. The van der Waals surface area contributed by atoms with Gasteiger partial charge in [0.2, 0.25) is 0 Å².